The lowest BCUT2D eigenvalue weighted by Gasteiger charge is -2.58. The summed E-state index contributed by atoms with van der Waals surface area (Å²) in [7, 11) is 1.55. The fourth-order valence-electron chi connectivity index (χ4n) is 5.11. The van der Waals surface area contributed by atoms with E-state index in [-0.39, 0.29) is 5.41 Å². The van der Waals surface area contributed by atoms with Crippen LogP contribution in [0.5, 0.6) is 0 Å². The van der Waals surface area contributed by atoms with Gasteiger partial charge in [0.15, 0.2) is 6.10 Å². The maximum Gasteiger partial charge on any atom is 0.333 e. The summed E-state index contributed by atoms with van der Waals surface area (Å²) in [6, 6.07) is 0. The van der Waals surface area contributed by atoms with Crippen molar-refractivity contribution in [1.82, 2.24) is 0 Å². The Balaban J connectivity index is 1.90. The van der Waals surface area contributed by atoms with Crippen LogP contribution in [-0.4, -0.2) is 24.3 Å². The second kappa shape index (κ2) is 3.46. The van der Waals surface area contributed by atoms with Crippen LogP contribution < -0.4 is 0 Å². The minimum absolute atomic E-state index is 0.0324. The Morgan fingerprint density at radius 2 is 1.62 bits per heavy atom. The first-order valence-electron chi connectivity index (χ1n) is 6.38. The lowest BCUT2D eigenvalue weighted by molar-refractivity contribution is -0.175. The predicted molar refractivity (Wildman–Crippen MR) is 59.0 cm³/mol. The zero-order valence-electron chi connectivity index (χ0n) is 9.82. The van der Waals surface area contributed by atoms with Gasteiger partial charge in [-0.15, -0.1) is 0 Å². The maximum atomic E-state index is 11.3. The molecule has 0 aromatic heterocycles. The van der Waals surface area contributed by atoms with Crippen molar-refractivity contribution >= 4 is 5.97 Å². The lowest BCUT2D eigenvalue weighted by Crippen LogP contribution is -2.54. The molecule has 4 aliphatic carbocycles. The summed E-state index contributed by atoms with van der Waals surface area (Å²) in [6.07, 6.45) is 6.72. The second-order valence-corrected chi connectivity index (χ2v) is 6.23. The van der Waals surface area contributed by atoms with Crippen molar-refractivity contribution in [3.8, 4) is 0 Å². The molecule has 3 nitrogen and oxygen atoms in total. The van der Waals surface area contributed by atoms with Gasteiger partial charge in [0.1, 0.15) is 0 Å². The Kier molecular flexibility index (Phi) is 2.29. The molecule has 0 radical (unpaired) electrons. The van der Waals surface area contributed by atoms with E-state index in [4.69, 9.17) is 4.74 Å². The standard InChI is InChI=1S/C13H20O3/c1-16-11(12(14)15)13-5-8-2-9(6-13)4-10(3-8)7-13/h8-11H,2-7H2,1H3,(H,14,15). The molecule has 0 amide bonds. The number of rotatable bonds is 3. The molecule has 4 rings (SSSR count). The molecule has 3 heteroatoms. The highest BCUT2D eigenvalue weighted by Crippen LogP contribution is 2.61. The molecule has 16 heavy (non-hydrogen) atoms. The Labute approximate surface area is 96.2 Å². The molecule has 0 spiro atoms. The summed E-state index contributed by atoms with van der Waals surface area (Å²) < 4.78 is 5.30. The van der Waals surface area contributed by atoms with E-state index in [0.717, 1.165) is 37.0 Å². The molecule has 4 saturated carbocycles. The zero-order valence-corrected chi connectivity index (χ0v) is 9.82. The maximum absolute atomic E-state index is 11.3. The van der Waals surface area contributed by atoms with Crippen molar-refractivity contribution in [2.75, 3.05) is 7.11 Å². The molecule has 0 aromatic rings. The Hall–Kier alpha value is -0.570. The molecule has 0 aromatic carbocycles. The van der Waals surface area contributed by atoms with E-state index < -0.39 is 12.1 Å². The van der Waals surface area contributed by atoms with E-state index in [1.807, 2.05) is 0 Å². The van der Waals surface area contributed by atoms with Gasteiger partial charge < -0.3 is 9.84 Å². The molecule has 0 saturated heterocycles. The number of carbonyl (C=O) groups is 1. The molecular formula is C13H20O3. The summed E-state index contributed by atoms with van der Waals surface area (Å²) in [5, 5.41) is 9.31. The summed E-state index contributed by atoms with van der Waals surface area (Å²) >= 11 is 0. The van der Waals surface area contributed by atoms with Crippen molar-refractivity contribution < 1.29 is 14.6 Å². The number of methoxy groups -OCH3 is 1. The van der Waals surface area contributed by atoms with Crippen molar-refractivity contribution in [3.05, 3.63) is 0 Å². The quantitative estimate of drug-likeness (QED) is 0.800. The highest BCUT2D eigenvalue weighted by atomic mass is 16.5. The fraction of sp³-hybridized carbons (Fsp3) is 0.923. The van der Waals surface area contributed by atoms with Gasteiger partial charge in [-0.1, -0.05) is 0 Å². The molecule has 1 atom stereocenters. The topological polar surface area (TPSA) is 46.5 Å². The van der Waals surface area contributed by atoms with Gasteiger partial charge in [-0.3, -0.25) is 0 Å². The smallest absolute Gasteiger partial charge is 0.333 e. The first-order valence-corrected chi connectivity index (χ1v) is 6.38. The lowest BCUT2D eigenvalue weighted by atomic mass is 9.48. The summed E-state index contributed by atoms with van der Waals surface area (Å²) in [5.41, 5.74) is -0.0324. The van der Waals surface area contributed by atoms with Crippen LogP contribution in [0.3, 0.4) is 0 Å². The highest BCUT2D eigenvalue weighted by Gasteiger charge is 2.56. The van der Waals surface area contributed by atoms with Crippen molar-refractivity contribution in [2.24, 2.45) is 23.2 Å². The van der Waals surface area contributed by atoms with E-state index in [0.29, 0.717) is 0 Å². The van der Waals surface area contributed by atoms with Crippen LogP contribution in [0.4, 0.5) is 0 Å². The van der Waals surface area contributed by atoms with Gasteiger partial charge in [-0.2, -0.15) is 0 Å². The van der Waals surface area contributed by atoms with Gasteiger partial charge in [0.2, 0.25) is 0 Å². The minimum Gasteiger partial charge on any atom is -0.479 e. The second-order valence-electron chi connectivity index (χ2n) is 6.23. The Morgan fingerprint density at radius 3 is 1.94 bits per heavy atom. The van der Waals surface area contributed by atoms with Crippen LogP contribution in [0.25, 0.3) is 0 Å². The molecule has 1 N–H and O–H groups in total. The van der Waals surface area contributed by atoms with E-state index in [2.05, 4.69) is 0 Å². The van der Waals surface area contributed by atoms with Crippen molar-refractivity contribution in [1.29, 1.82) is 0 Å². The number of hydrogen-bond donors (Lipinski definition) is 1. The number of carboxylic acid groups (broad SMARTS) is 1. The van der Waals surface area contributed by atoms with Gasteiger partial charge in [-0.25, -0.2) is 4.79 Å². The number of hydrogen-bond acceptors (Lipinski definition) is 2. The van der Waals surface area contributed by atoms with Gasteiger partial charge in [-0.05, 0) is 56.3 Å². The molecule has 0 aliphatic heterocycles. The molecule has 90 valence electrons. The third-order valence-electron chi connectivity index (χ3n) is 5.10. The van der Waals surface area contributed by atoms with Crippen LogP contribution in [0, 0.1) is 23.2 Å². The highest BCUT2D eigenvalue weighted by molar-refractivity contribution is 5.73. The van der Waals surface area contributed by atoms with Crippen molar-refractivity contribution in [2.45, 2.75) is 44.6 Å². The molecule has 1 unspecified atom stereocenters. The van der Waals surface area contributed by atoms with Crippen molar-refractivity contribution in [3.63, 3.8) is 0 Å². The van der Waals surface area contributed by atoms with Gasteiger partial charge in [0.25, 0.3) is 0 Å². The monoisotopic (exact) mass is 224 g/mol. The summed E-state index contributed by atoms with van der Waals surface area (Å²) in [6.45, 7) is 0. The Bertz CT molecular complexity index is 275. The third kappa shape index (κ3) is 1.41. The van der Waals surface area contributed by atoms with Crippen LogP contribution in [-0.2, 0) is 9.53 Å². The number of aliphatic carboxylic acids is 1. The van der Waals surface area contributed by atoms with E-state index >= 15 is 0 Å². The molecule has 0 heterocycles. The van der Waals surface area contributed by atoms with Crippen LogP contribution in [0.15, 0.2) is 0 Å². The molecule has 4 bridgehead atoms. The fourth-order valence-corrected chi connectivity index (χ4v) is 5.11. The first-order chi connectivity index (χ1) is 7.63. The Morgan fingerprint density at radius 1 is 1.19 bits per heavy atom. The number of carboxylic acids is 1. The largest absolute Gasteiger partial charge is 0.479 e. The van der Waals surface area contributed by atoms with Gasteiger partial charge in [0.05, 0.1) is 0 Å². The summed E-state index contributed by atoms with van der Waals surface area (Å²) in [5.74, 6) is 1.58. The van der Waals surface area contributed by atoms with Crippen LogP contribution >= 0.6 is 0 Å². The summed E-state index contributed by atoms with van der Waals surface area (Å²) in [4.78, 5) is 11.3. The average Bonchev–Trinajstić information content (AvgIpc) is 2.14. The van der Waals surface area contributed by atoms with E-state index in [1.165, 1.54) is 19.3 Å². The van der Waals surface area contributed by atoms with E-state index in [9.17, 15) is 9.90 Å². The predicted octanol–water partition coefficient (Wildman–Crippen LogP) is 2.30. The molecule has 4 aliphatic rings. The normalized spacial score (nSPS) is 46.9. The number of ether oxygens (including phenoxy) is 1. The van der Waals surface area contributed by atoms with Crippen LogP contribution in [0.2, 0.25) is 0 Å². The third-order valence-corrected chi connectivity index (χ3v) is 5.10. The SMILES string of the molecule is COC(C(=O)O)C12CC3CC(CC(C3)C1)C2. The van der Waals surface area contributed by atoms with Crippen LogP contribution in [0.1, 0.15) is 38.5 Å². The average molecular weight is 224 g/mol. The molecular weight excluding hydrogens is 204 g/mol. The molecule has 4 fully saturated rings. The zero-order chi connectivity index (χ0) is 11.3. The minimum atomic E-state index is -0.760. The first kappa shape index (κ1) is 10.6. The van der Waals surface area contributed by atoms with E-state index in [1.54, 1.807) is 7.11 Å². The van der Waals surface area contributed by atoms with Gasteiger partial charge in [0, 0.05) is 12.5 Å². The van der Waals surface area contributed by atoms with Gasteiger partial charge >= 0.3 is 5.97 Å².